The molecule has 2 nitrogen and oxygen atoms in total. The summed E-state index contributed by atoms with van der Waals surface area (Å²) in [5.74, 6) is 0.884. The fraction of sp³-hybridized carbons (Fsp3) is 0.562. The van der Waals surface area contributed by atoms with Crippen molar-refractivity contribution < 1.29 is 9.90 Å². The predicted molar refractivity (Wildman–Crippen MR) is 76.9 cm³/mol. The molecule has 2 heteroatoms. The van der Waals surface area contributed by atoms with Gasteiger partial charge >= 0.3 is 0 Å². The summed E-state index contributed by atoms with van der Waals surface area (Å²) in [5, 5.41) is 9.44. The summed E-state index contributed by atoms with van der Waals surface area (Å²) in [6.45, 7) is 10.1. The van der Waals surface area contributed by atoms with Crippen LogP contribution >= 0.6 is 0 Å². The number of Topliss-reactive ketones (excluding diaryl/α,β-unsaturated/α-hetero) is 1. The summed E-state index contributed by atoms with van der Waals surface area (Å²) >= 11 is 0. The van der Waals surface area contributed by atoms with Crippen LogP contribution in [-0.4, -0.2) is 10.9 Å². The summed E-state index contributed by atoms with van der Waals surface area (Å²) in [4.78, 5) is 11.9. The Balaban J connectivity index is 0.00000137. The predicted octanol–water partition coefficient (Wildman–Crippen LogP) is 4.53. The normalized spacial score (nSPS) is 11.7. The van der Waals surface area contributed by atoms with Crippen LogP contribution in [0, 0.1) is 5.92 Å². The van der Waals surface area contributed by atoms with Crippen LogP contribution in [0.15, 0.2) is 24.3 Å². The van der Waals surface area contributed by atoms with Crippen molar-refractivity contribution in [3.05, 3.63) is 29.8 Å². The summed E-state index contributed by atoms with van der Waals surface area (Å²) in [6, 6.07) is 7.04. The Labute approximate surface area is 111 Å². The lowest BCUT2D eigenvalue weighted by Gasteiger charge is -2.17. The second kappa shape index (κ2) is 8.73. The fourth-order valence-corrected chi connectivity index (χ4v) is 1.91. The van der Waals surface area contributed by atoms with E-state index in [1.54, 1.807) is 18.2 Å². The Morgan fingerprint density at radius 1 is 1.28 bits per heavy atom. The monoisotopic (exact) mass is 250 g/mol. The van der Waals surface area contributed by atoms with Gasteiger partial charge in [0, 0.05) is 12.3 Å². The number of phenolic OH excluding ortho intramolecular Hbond substituents is 1. The molecular weight excluding hydrogens is 224 g/mol. The minimum absolute atomic E-state index is 0.0721. The van der Waals surface area contributed by atoms with Crippen molar-refractivity contribution in [3.63, 3.8) is 0 Å². The van der Waals surface area contributed by atoms with E-state index in [4.69, 9.17) is 0 Å². The molecule has 0 aromatic heterocycles. The minimum Gasteiger partial charge on any atom is -0.508 e. The number of phenols is 1. The van der Waals surface area contributed by atoms with Crippen LogP contribution in [0.5, 0.6) is 5.75 Å². The maximum atomic E-state index is 11.9. The van der Waals surface area contributed by atoms with Gasteiger partial charge in [0.2, 0.25) is 0 Å². The summed E-state index contributed by atoms with van der Waals surface area (Å²) in [7, 11) is 0. The van der Waals surface area contributed by atoms with E-state index in [0.29, 0.717) is 12.3 Å². The van der Waals surface area contributed by atoms with Gasteiger partial charge in [-0.1, -0.05) is 46.8 Å². The Kier molecular flexibility index (Phi) is 8.10. The van der Waals surface area contributed by atoms with E-state index >= 15 is 0 Å². The van der Waals surface area contributed by atoms with Gasteiger partial charge in [0.05, 0.1) is 0 Å². The summed E-state index contributed by atoms with van der Waals surface area (Å²) in [5.41, 5.74) is 0.931. The van der Waals surface area contributed by atoms with Crippen LogP contribution in [0.4, 0.5) is 0 Å². The number of rotatable bonds is 5. The number of ketones is 1. The third kappa shape index (κ3) is 5.35. The van der Waals surface area contributed by atoms with E-state index in [0.717, 1.165) is 12.0 Å². The van der Waals surface area contributed by atoms with Gasteiger partial charge in [-0.15, -0.1) is 0 Å². The highest BCUT2D eigenvalue weighted by Crippen LogP contribution is 2.27. The molecule has 0 bridgehead atoms. The highest BCUT2D eigenvalue weighted by molar-refractivity contribution is 5.85. The van der Waals surface area contributed by atoms with Crippen LogP contribution in [0.2, 0.25) is 0 Å². The number of hydrogen-bond acceptors (Lipinski definition) is 2. The zero-order valence-corrected chi connectivity index (χ0v) is 12.2. The Hall–Kier alpha value is -1.31. The van der Waals surface area contributed by atoms with Crippen molar-refractivity contribution >= 4 is 5.78 Å². The molecule has 102 valence electrons. The Morgan fingerprint density at radius 3 is 2.33 bits per heavy atom. The van der Waals surface area contributed by atoms with E-state index in [-0.39, 0.29) is 17.5 Å². The molecule has 0 saturated heterocycles. The largest absolute Gasteiger partial charge is 0.508 e. The zero-order valence-electron chi connectivity index (χ0n) is 12.2. The van der Waals surface area contributed by atoms with Crippen molar-refractivity contribution in [2.45, 2.75) is 53.4 Å². The lowest BCUT2D eigenvalue weighted by Crippen LogP contribution is -2.13. The maximum Gasteiger partial charge on any atom is 0.140 e. The van der Waals surface area contributed by atoms with Gasteiger partial charge in [-0.2, -0.15) is 0 Å². The number of carbonyl (C=O) groups is 1. The summed E-state index contributed by atoms with van der Waals surface area (Å²) in [6.07, 6.45) is 1.39. The smallest absolute Gasteiger partial charge is 0.140 e. The Morgan fingerprint density at radius 2 is 1.89 bits per heavy atom. The van der Waals surface area contributed by atoms with Crippen LogP contribution < -0.4 is 0 Å². The first-order valence-corrected chi connectivity index (χ1v) is 6.86. The molecule has 0 amide bonds. The van der Waals surface area contributed by atoms with Crippen molar-refractivity contribution in [3.8, 4) is 5.75 Å². The average molecular weight is 250 g/mol. The van der Waals surface area contributed by atoms with E-state index in [1.807, 2.05) is 26.8 Å². The molecule has 1 N–H and O–H groups in total. The van der Waals surface area contributed by atoms with Crippen LogP contribution in [0.25, 0.3) is 0 Å². The summed E-state index contributed by atoms with van der Waals surface area (Å²) < 4.78 is 0. The van der Waals surface area contributed by atoms with E-state index < -0.39 is 0 Å². The number of carbonyl (C=O) groups excluding carboxylic acids is 1. The van der Waals surface area contributed by atoms with Crippen LogP contribution in [0.1, 0.15) is 58.9 Å². The quantitative estimate of drug-likeness (QED) is 0.833. The SMILES string of the molecule is CC.CCC(=O)C(CC(C)C)c1cccc(O)c1. The van der Waals surface area contributed by atoms with Crippen molar-refractivity contribution in [1.82, 2.24) is 0 Å². The van der Waals surface area contributed by atoms with Crippen molar-refractivity contribution in [2.75, 3.05) is 0 Å². The lowest BCUT2D eigenvalue weighted by atomic mass is 9.86. The third-order valence-corrected chi connectivity index (χ3v) is 2.72. The fourth-order valence-electron chi connectivity index (χ4n) is 1.91. The first-order chi connectivity index (χ1) is 8.54. The van der Waals surface area contributed by atoms with Crippen molar-refractivity contribution in [2.24, 2.45) is 5.92 Å². The molecule has 1 aromatic rings. The standard InChI is InChI=1S/C14H20O2.C2H6/c1-4-14(16)13(8-10(2)3)11-6-5-7-12(15)9-11;1-2/h5-7,9-10,13,15H,4,8H2,1-3H3;1-2H3. The number of aromatic hydroxyl groups is 1. The van der Waals surface area contributed by atoms with Gasteiger partial charge in [-0.05, 0) is 30.0 Å². The minimum atomic E-state index is -0.0721. The van der Waals surface area contributed by atoms with Gasteiger partial charge in [0.1, 0.15) is 11.5 Å². The molecule has 0 aliphatic rings. The first kappa shape index (κ1) is 16.7. The van der Waals surface area contributed by atoms with Crippen LogP contribution in [0.3, 0.4) is 0 Å². The van der Waals surface area contributed by atoms with Gasteiger partial charge in [-0.3, -0.25) is 4.79 Å². The molecule has 0 fully saturated rings. The average Bonchev–Trinajstić information content (AvgIpc) is 2.37. The molecule has 1 unspecified atom stereocenters. The number of hydrogen-bond donors (Lipinski definition) is 1. The zero-order chi connectivity index (χ0) is 14.1. The highest BCUT2D eigenvalue weighted by Gasteiger charge is 2.20. The molecule has 0 heterocycles. The second-order valence-corrected chi connectivity index (χ2v) is 4.60. The molecule has 0 aliphatic carbocycles. The van der Waals surface area contributed by atoms with Crippen molar-refractivity contribution in [1.29, 1.82) is 0 Å². The lowest BCUT2D eigenvalue weighted by molar-refractivity contribution is -0.120. The molecule has 0 spiro atoms. The molecule has 0 saturated carbocycles. The second-order valence-electron chi connectivity index (χ2n) is 4.60. The van der Waals surface area contributed by atoms with E-state index in [1.165, 1.54) is 0 Å². The molecule has 0 aliphatic heterocycles. The Bertz CT molecular complexity index is 356. The van der Waals surface area contributed by atoms with Gasteiger partial charge < -0.3 is 5.11 Å². The van der Waals surface area contributed by atoms with E-state index in [2.05, 4.69) is 13.8 Å². The highest BCUT2D eigenvalue weighted by atomic mass is 16.3. The molecule has 1 atom stereocenters. The number of benzene rings is 1. The van der Waals surface area contributed by atoms with E-state index in [9.17, 15) is 9.90 Å². The van der Waals surface area contributed by atoms with Gasteiger partial charge in [0.15, 0.2) is 0 Å². The maximum absolute atomic E-state index is 11.9. The molecule has 0 radical (unpaired) electrons. The molecular formula is C16H26O2. The molecule has 18 heavy (non-hydrogen) atoms. The van der Waals surface area contributed by atoms with Gasteiger partial charge in [0.25, 0.3) is 0 Å². The third-order valence-electron chi connectivity index (χ3n) is 2.72. The van der Waals surface area contributed by atoms with Gasteiger partial charge in [-0.25, -0.2) is 0 Å². The molecule has 1 aromatic carbocycles. The van der Waals surface area contributed by atoms with Crippen LogP contribution in [-0.2, 0) is 4.79 Å². The first-order valence-electron chi connectivity index (χ1n) is 6.86. The molecule has 1 rings (SSSR count). The topological polar surface area (TPSA) is 37.3 Å².